The second-order valence-electron chi connectivity index (χ2n) is 7.47. The van der Waals surface area contributed by atoms with Crippen LogP contribution in [0.5, 0.6) is 5.75 Å². The Balaban J connectivity index is 1.56. The van der Waals surface area contributed by atoms with Gasteiger partial charge in [-0.2, -0.15) is 0 Å². The number of para-hydroxylation sites is 1. The van der Waals surface area contributed by atoms with Crippen molar-refractivity contribution in [1.29, 1.82) is 0 Å². The first kappa shape index (κ1) is 19.9. The molecule has 2 heterocycles. The van der Waals surface area contributed by atoms with E-state index in [1.54, 1.807) is 49.5 Å². The molecule has 0 unspecified atom stereocenters. The van der Waals surface area contributed by atoms with Gasteiger partial charge in [0.1, 0.15) is 19.1 Å². The molecule has 2 aromatic rings. The number of carbonyl (C=O) groups is 2. The molecule has 0 radical (unpaired) electrons. The van der Waals surface area contributed by atoms with E-state index in [0.29, 0.717) is 22.7 Å². The zero-order chi connectivity index (χ0) is 21.3. The molecular formula is C21H22F2N4O3. The molecule has 2 aromatic carbocycles. The van der Waals surface area contributed by atoms with Crippen LogP contribution in [0.4, 0.5) is 29.7 Å². The number of halogens is 2. The summed E-state index contributed by atoms with van der Waals surface area (Å²) in [7, 11) is 1.64. The van der Waals surface area contributed by atoms with E-state index in [4.69, 9.17) is 4.74 Å². The maximum atomic E-state index is 13.6. The lowest BCUT2D eigenvalue weighted by atomic mass is 9.88. The molecule has 2 aliphatic rings. The highest BCUT2D eigenvalue weighted by Crippen LogP contribution is 2.40. The summed E-state index contributed by atoms with van der Waals surface area (Å²) in [6.45, 7) is -1.73. The van der Waals surface area contributed by atoms with Crippen LogP contribution in [0.2, 0.25) is 0 Å². The number of hydrogen-bond donors (Lipinski definition) is 3. The van der Waals surface area contributed by atoms with Crippen molar-refractivity contribution in [3.05, 3.63) is 53.6 Å². The molecule has 2 aliphatic heterocycles. The number of hydrogen-bond acceptors (Lipinski definition) is 3. The van der Waals surface area contributed by atoms with Crippen molar-refractivity contribution in [1.82, 2.24) is 10.6 Å². The van der Waals surface area contributed by atoms with Crippen molar-refractivity contribution < 1.29 is 23.1 Å². The second kappa shape index (κ2) is 7.81. The Hall–Kier alpha value is -3.36. The maximum absolute atomic E-state index is 13.6. The van der Waals surface area contributed by atoms with E-state index in [-0.39, 0.29) is 19.0 Å². The van der Waals surface area contributed by atoms with Gasteiger partial charge in [0, 0.05) is 36.8 Å². The number of nitrogens with one attached hydrogen (secondary N) is 3. The Labute approximate surface area is 172 Å². The lowest BCUT2D eigenvalue weighted by Gasteiger charge is -2.39. The Morgan fingerprint density at radius 3 is 2.77 bits per heavy atom. The molecule has 4 rings (SSSR count). The van der Waals surface area contributed by atoms with Gasteiger partial charge in [0.25, 0.3) is 0 Å². The van der Waals surface area contributed by atoms with E-state index in [2.05, 4.69) is 16.0 Å². The number of benzene rings is 2. The third-order valence-corrected chi connectivity index (χ3v) is 5.47. The van der Waals surface area contributed by atoms with Gasteiger partial charge in [0.2, 0.25) is 0 Å². The molecule has 0 aromatic heterocycles. The number of alkyl halides is 2. The van der Waals surface area contributed by atoms with Gasteiger partial charge in [0.05, 0.1) is 11.7 Å². The average molecular weight is 416 g/mol. The summed E-state index contributed by atoms with van der Waals surface area (Å²) >= 11 is 0. The van der Waals surface area contributed by atoms with Crippen molar-refractivity contribution in [3.8, 4) is 5.75 Å². The van der Waals surface area contributed by atoms with Crippen molar-refractivity contribution >= 4 is 23.4 Å². The molecule has 0 bridgehead atoms. The quantitative estimate of drug-likeness (QED) is 0.711. The van der Waals surface area contributed by atoms with E-state index in [0.717, 1.165) is 5.56 Å². The summed E-state index contributed by atoms with van der Waals surface area (Å²) < 4.78 is 32.8. The maximum Gasteiger partial charge on any atom is 0.321 e. The molecule has 158 valence electrons. The van der Waals surface area contributed by atoms with Crippen LogP contribution in [0.1, 0.15) is 23.6 Å². The second-order valence-corrected chi connectivity index (χ2v) is 7.47. The normalized spacial score (nSPS) is 19.1. The van der Waals surface area contributed by atoms with Gasteiger partial charge < -0.3 is 20.7 Å². The SMILES string of the molecule is CN1C(=O)NCc2c(NC(=O)N[C@@H]3CC(CF)(CF)Oc4ccccc43)cccc21. The zero-order valence-corrected chi connectivity index (χ0v) is 16.4. The first-order chi connectivity index (χ1) is 14.5. The monoisotopic (exact) mass is 416 g/mol. The van der Waals surface area contributed by atoms with Crippen molar-refractivity contribution in [3.63, 3.8) is 0 Å². The number of ether oxygens (including phenoxy) is 1. The number of urea groups is 2. The number of nitrogens with zero attached hydrogens (tertiary/aromatic N) is 1. The minimum absolute atomic E-state index is 0.0316. The smallest absolute Gasteiger partial charge is 0.321 e. The van der Waals surface area contributed by atoms with Crippen LogP contribution in [0.15, 0.2) is 42.5 Å². The molecule has 0 saturated heterocycles. The molecule has 0 fully saturated rings. The average Bonchev–Trinajstić information content (AvgIpc) is 2.76. The van der Waals surface area contributed by atoms with Gasteiger partial charge in [-0.05, 0) is 18.2 Å². The van der Waals surface area contributed by atoms with Gasteiger partial charge >= 0.3 is 12.1 Å². The first-order valence-corrected chi connectivity index (χ1v) is 9.57. The number of fused-ring (bicyclic) bond motifs is 2. The van der Waals surface area contributed by atoms with E-state index < -0.39 is 31.0 Å². The molecular weight excluding hydrogens is 394 g/mol. The number of carbonyl (C=O) groups excluding carboxylic acids is 2. The van der Waals surface area contributed by atoms with Crippen LogP contribution in [-0.4, -0.2) is 38.1 Å². The highest BCUT2D eigenvalue weighted by atomic mass is 19.1. The minimum Gasteiger partial charge on any atom is -0.481 e. The third-order valence-electron chi connectivity index (χ3n) is 5.47. The Morgan fingerprint density at radius 2 is 2.00 bits per heavy atom. The summed E-state index contributed by atoms with van der Waals surface area (Å²) in [5.41, 5.74) is 1.04. The van der Waals surface area contributed by atoms with Gasteiger partial charge in [0.15, 0.2) is 5.60 Å². The Kier molecular flexibility index (Phi) is 5.19. The first-order valence-electron chi connectivity index (χ1n) is 9.57. The summed E-state index contributed by atoms with van der Waals surface area (Å²) in [6, 6.07) is 10.8. The van der Waals surface area contributed by atoms with Gasteiger partial charge in [-0.15, -0.1) is 0 Å². The van der Waals surface area contributed by atoms with Crippen molar-refractivity contribution in [2.24, 2.45) is 0 Å². The van der Waals surface area contributed by atoms with Crippen LogP contribution in [0.25, 0.3) is 0 Å². The number of rotatable bonds is 4. The third kappa shape index (κ3) is 3.51. The highest BCUT2D eigenvalue weighted by molar-refractivity contribution is 5.98. The molecule has 30 heavy (non-hydrogen) atoms. The van der Waals surface area contributed by atoms with E-state index in [1.165, 1.54) is 4.90 Å². The van der Waals surface area contributed by atoms with Crippen LogP contribution in [0.3, 0.4) is 0 Å². The number of amides is 4. The standard InChI is InChI=1S/C21H22F2N4O3/c1-27-17-7-4-6-15(14(17)10-24-20(27)29)25-19(28)26-16-9-21(11-22,12-23)30-18-8-3-2-5-13(16)18/h2-8,16H,9-12H2,1H3,(H,24,29)(H2,25,26,28)/t16-/m1/s1. The summed E-state index contributed by atoms with van der Waals surface area (Å²) in [5, 5.41) is 8.34. The topological polar surface area (TPSA) is 82.7 Å². The fourth-order valence-electron chi connectivity index (χ4n) is 3.85. The van der Waals surface area contributed by atoms with E-state index >= 15 is 0 Å². The van der Waals surface area contributed by atoms with Crippen molar-refractivity contribution in [2.75, 3.05) is 30.6 Å². The minimum atomic E-state index is -1.62. The van der Waals surface area contributed by atoms with Crippen LogP contribution in [-0.2, 0) is 6.54 Å². The van der Waals surface area contributed by atoms with Crippen molar-refractivity contribution in [2.45, 2.75) is 24.6 Å². The Morgan fingerprint density at radius 1 is 1.23 bits per heavy atom. The lowest BCUT2D eigenvalue weighted by molar-refractivity contribution is -0.0105. The van der Waals surface area contributed by atoms with E-state index in [9.17, 15) is 18.4 Å². The fraction of sp³-hybridized carbons (Fsp3) is 0.333. The number of anilines is 2. The largest absolute Gasteiger partial charge is 0.481 e. The fourth-order valence-corrected chi connectivity index (χ4v) is 3.85. The zero-order valence-electron chi connectivity index (χ0n) is 16.4. The predicted molar refractivity (Wildman–Crippen MR) is 108 cm³/mol. The lowest BCUT2D eigenvalue weighted by Crippen LogP contribution is -2.49. The Bertz CT molecular complexity index is 980. The molecule has 1 atom stereocenters. The van der Waals surface area contributed by atoms with Gasteiger partial charge in [-0.3, -0.25) is 4.90 Å². The molecule has 7 nitrogen and oxygen atoms in total. The van der Waals surface area contributed by atoms with Gasteiger partial charge in [-0.25, -0.2) is 18.4 Å². The molecule has 9 heteroatoms. The molecule has 0 saturated carbocycles. The van der Waals surface area contributed by atoms with Crippen LogP contribution >= 0.6 is 0 Å². The summed E-state index contributed by atoms with van der Waals surface area (Å²) in [4.78, 5) is 26.1. The van der Waals surface area contributed by atoms with Crippen LogP contribution < -0.4 is 25.6 Å². The molecule has 3 N–H and O–H groups in total. The molecule has 4 amide bonds. The summed E-state index contributed by atoms with van der Waals surface area (Å²) in [5.74, 6) is 0.353. The molecule has 0 aliphatic carbocycles. The van der Waals surface area contributed by atoms with Gasteiger partial charge in [-0.1, -0.05) is 24.3 Å². The predicted octanol–water partition coefficient (Wildman–Crippen LogP) is 3.67. The van der Waals surface area contributed by atoms with E-state index in [1.807, 2.05) is 0 Å². The highest BCUT2D eigenvalue weighted by Gasteiger charge is 2.42. The van der Waals surface area contributed by atoms with Crippen LogP contribution in [0, 0.1) is 0 Å². The summed E-state index contributed by atoms with van der Waals surface area (Å²) in [6.07, 6.45) is -0.0316. The molecule has 0 spiro atoms.